The maximum absolute atomic E-state index is 11.6. The second-order valence-electron chi connectivity index (χ2n) is 4.67. The van der Waals surface area contributed by atoms with Gasteiger partial charge in [-0.05, 0) is 44.7 Å². The number of hydrogen-bond donors (Lipinski definition) is 1. The lowest BCUT2D eigenvalue weighted by molar-refractivity contribution is 0.236. The highest BCUT2D eigenvalue weighted by atomic mass is 32.2. The molecule has 0 spiro atoms. The lowest BCUT2D eigenvalue weighted by atomic mass is 9.89. The maximum Gasteiger partial charge on any atom is 0.211 e. The first-order chi connectivity index (χ1) is 7.09. The first-order valence-electron chi connectivity index (χ1n) is 5.76. The third kappa shape index (κ3) is 2.52. The quantitative estimate of drug-likeness (QED) is 0.750. The second-order valence-corrected chi connectivity index (χ2v) is 6.61. The van der Waals surface area contributed by atoms with Crippen molar-refractivity contribution in [2.24, 2.45) is 5.92 Å². The maximum atomic E-state index is 11.6. The van der Waals surface area contributed by atoms with Gasteiger partial charge >= 0.3 is 0 Å². The van der Waals surface area contributed by atoms with Crippen molar-refractivity contribution >= 4 is 10.0 Å². The SMILES string of the molecule is CS(=O)(=O)N1CCCC1C1CCNCC1. The summed E-state index contributed by atoms with van der Waals surface area (Å²) in [6.07, 6.45) is 5.67. The second kappa shape index (κ2) is 4.39. The van der Waals surface area contributed by atoms with Crippen LogP contribution in [0.5, 0.6) is 0 Å². The average Bonchev–Trinajstić information content (AvgIpc) is 2.67. The summed E-state index contributed by atoms with van der Waals surface area (Å²) in [4.78, 5) is 0. The molecule has 2 rings (SSSR count). The van der Waals surface area contributed by atoms with E-state index in [2.05, 4.69) is 5.32 Å². The molecular formula is C10H20N2O2S. The van der Waals surface area contributed by atoms with Crippen LogP contribution in [0, 0.1) is 5.92 Å². The highest BCUT2D eigenvalue weighted by Gasteiger charge is 2.36. The summed E-state index contributed by atoms with van der Waals surface area (Å²) in [5.41, 5.74) is 0. The van der Waals surface area contributed by atoms with Gasteiger partial charge in [-0.2, -0.15) is 4.31 Å². The molecule has 1 N–H and O–H groups in total. The van der Waals surface area contributed by atoms with Gasteiger partial charge in [0.2, 0.25) is 10.0 Å². The number of nitrogens with one attached hydrogen (secondary N) is 1. The minimum Gasteiger partial charge on any atom is -0.317 e. The van der Waals surface area contributed by atoms with E-state index in [1.807, 2.05) is 0 Å². The molecule has 0 saturated carbocycles. The van der Waals surface area contributed by atoms with Gasteiger partial charge in [0.15, 0.2) is 0 Å². The molecule has 0 amide bonds. The van der Waals surface area contributed by atoms with Crippen LogP contribution in [-0.4, -0.2) is 44.7 Å². The molecule has 2 fully saturated rings. The molecule has 5 heteroatoms. The molecule has 88 valence electrons. The monoisotopic (exact) mass is 232 g/mol. The summed E-state index contributed by atoms with van der Waals surface area (Å²) in [6.45, 7) is 2.81. The van der Waals surface area contributed by atoms with Gasteiger partial charge in [0.05, 0.1) is 6.26 Å². The molecule has 2 aliphatic rings. The lowest BCUT2D eigenvalue weighted by Crippen LogP contribution is -2.43. The van der Waals surface area contributed by atoms with Crippen LogP contribution in [0.3, 0.4) is 0 Å². The van der Waals surface area contributed by atoms with E-state index in [0.717, 1.165) is 45.3 Å². The molecule has 0 bridgehead atoms. The third-order valence-electron chi connectivity index (χ3n) is 3.60. The van der Waals surface area contributed by atoms with E-state index in [4.69, 9.17) is 0 Å². The van der Waals surface area contributed by atoms with Crippen LogP contribution in [-0.2, 0) is 10.0 Å². The Morgan fingerprint density at radius 1 is 1.20 bits per heavy atom. The fraction of sp³-hybridized carbons (Fsp3) is 1.00. The third-order valence-corrected chi connectivity index (χ3v) is 4.91. The molecule has 0 aromatic carbocycles. The summed E-state index contributed by atoms with van der Waals surface area (Å²) in [6, 6.07) is 0.280. The number of sulfonamides is 1. The van der Waals surface area contributed by atoms with Gasteiger partial charge in [-0.3, -0.25) is 0 Å². The van der Waals surface area contributed by atoms with E-state index in [-0.39, 0.29) is 6.04 Å². The minimum absolute atomic E-state index is 0.280. The zero-order valence-electron chi connectivity index (χ0n) is 9.28. The standard InChI is InChI=1S/C10H20N2O2S/c1-15(13,14)12-8-2-3-10(12)9-4-6-11-7-5-9/h9-11H,2-8H2,1H3. The van der Waals surface area contributed by atoms with E-state index < -0.39 is 10.0 Å². The topological polar surface area (TPSA) is 49.4 Å². The highest BCUT2D eigenvalue weighted by molar-refractivity contribution is 7.88. The van der Waals surface area contributed by atoms with Crippen molar-refractivity contribution in [2.45, 2.75) is 31.7 Å². The number of nitrogens with zero attached hydrogens (tertiary/aromatic N) is 1. The zero-order valence-corrected chi connectivity index (χ0v) is 10.1. The predicted molar refractivity (Wildman–Crippen MR) is 60.2 cm³/mol. The molecule has 2 aliphatic heterocycles. The minimum atomic E-state index is -2.99. The first-order valence-corrected chi connectivity index (χ1v) is 7.61. The van der Waals surface area contributed by atoms with E-state index >= 15 is 0 Å². The van der Waals surface area contributed by atoms with E-state index in [1.54, 1.807) is 4.31 Å². The Morgan fingerprint density at radius 2 is 1.87 bits per heavy atom. The zero-order chi connectivity index (χ0) is 10.9. The van der Waals surface area contributed by atoms with Crippen LogP contribution in [0.1, 0.15) is 25.7 Å². The van der Waals surface area contributed by atoms with Gasteiger partial charge in [0, 0.05) is 12.6 Å². The lowest BCUT2D eigenvalue weighted by Gasteiger charge is -2.32. The molecule has 0 aliphatic carbocycles. The fourth-order valence-electron chi connectivity index (χ4n) is 2.88. The Labute approximate surface area is 92.1 Å². The molecule has 2 heterocycles. The Balaban J connectivity index is 2.07. The first kappa shape index (κ1) is 11.4. The normalized spacial score (nSPS) is 30.9. The molecule has 4 nitrogen and oxygen atoms in total. The summed E-state index contributed by atoms with van der Waals surface area (Å²) in [5, 5.41) is 3.32. The van der Waals surface area contributed by atoms with Crippen LogP contribution < -0.4 is 5.32 Å². The van der Waals surface area contributed by atoms with Gasteiger partial charge in [0.25, 0.3) is 0 Å². The van der Waals surface area contributed by atoms with Crippen molar-refractivity contribution in [1.29, 1.82) is 0 Å². The molecule has 2 saturated heterocycles. The van der Waals surface area contributed by atoms with Crippen molar-refractivity contribution in [3.05, 3.63) is 0 Å². The van der Waals surface area contributed by atoms with Crippen LogP contribution in [0.15, 0.2) is 0 Å². The van der Waals surface area contributed by atoms with Crippen molar-refractivity contribution in [3.8, 4) is 0 Å². The molecular weight excluding hydrogens is 212 g/mol. The van der Waals surface area contributed by atoms with E-state index in [1.165, 1.54) is 6.26 Å². The van der Waals surface area contributed by atoms with Crippen LogP contribution in [0.4, 0.5) is 0 Å². The summed E-state index contributed by atoms with van der Waals surface area (Å²) < 4.78 is 24.9. The molecule has 1 unspecified atom stereocenters. The summed E-state index contributed by atoms with van der Waals surface area (Å²) >= 11 is 0. The molecule has 0 radical (unpaired) electrons. The summed E-state index contributed by atoms with van der Waals surface area (Å²) in [5.74, 6) is 0.573. The van der Waals surface area contributed by atoms with E-state index in [9.17, 15) is 8.42 Å². The van der Waals surface area contributed by atoms with E-state index in [0.29, 0.717) is 5.92 Å². The molecule has 1 atom stereocenters. The van der Waals surface area contributed by atoms with Gasteiger partial charge in [0.1, 0.15) is 0 Å². The molecule has 15 heavy (non-hydrogen) atoms. The van der Waals surface area contributed by atoms with Crippen LogP contribution in [0.2, 0.25) is 0 Å². The Hall–Kier alpha value is -0.130. The highest BCUT2D eigenvalue weighted by Crippen LogP contribution is 2.30. The van der Waals surface area contributed by atoms with Crippen molar-refractivity contribution in [2.75, 3.05) is 25.9 Å². The molecule has 0 aromatic heterocycles. The van der Waals surface area contributed by atoms with Crippen molar-refractivity contribution in [3.63, 3.8) is 0 Å². The smallest absolute Gasteiger partial charge is 0.211 e. The summed E-state index contributed by atoms with van der Waals surface area (Å²) in [7, 11) is -2.99. The Morgan fingerprint density at radius 3 is 2.47 bits per heavy atom. The number of rotatable bonds is 2. The Kier molecular flexibility index (Phi) is 3.33. The number of piperidine rings is 1. The van der Waals surface area contributed by atoms with Crippen molar-refractivity contribution < 1.29 is 8.42 Å². The van der Waals surface area contributed by atoms with Gasteiger partial charge < -0.3 is 5.32 Å². The van der Waals surface area contributed by atoms with Gasteiger partial charge in [-0.15, -0.1) is 0 Å². The predicted octanol–water partition coefficient (Wildman–Crippen LogP) is 0.410. The number of hydrogen-bond acceptors (Lipinski definition) is 3. The van der Waals surface area contributed by atoms with Crippen molar-refractivity contribution in [1.82, 2.24) is 9.62 Å². The molecule has 0 aromatic rings. The van der Waals surface area contributed by atoms with Gasteiger partial charge in [-0.25, -0.2) is 8.42 Å². The van der Waals surface area contributed by atoms with Gasteiger partial charge in [-0.1, -0.05) is 0 Å². The largest absolute Gasteiger partial charge is 0.317 e. The van der Waals surface area contributed by atoms with Crippen LogP contribution >= 0.6 is 0 Å². The van der Waals surface area contributed by atoms with Crippen LogP contribution in [0.25, 0.3) is 0 Å². The fourth-order valence-corrected chi connectivity index (χ4v) is 4.11. The average molecular weight is 232 g/mol. The Bertz CT molecular complexity index is 309.